The van der Waals surface area contributed by atoms with E-state index in [1.54, 1.807) is 6.08 Å². The lowest BCUT2D eigenvalue weighted by Crippen LogP contribution is -2.37. The molecule has 2 aromatic rings. The largest absolute Gasteiger partial charge is 0.459 e. The third-order valence-corrected chi connectivity index (χ3v) is 5.53. The van der Waals surface area contributed by atoms with E-state index < -0.39 is 47.2 Å². The molecule has 0 saturated heterocycles. The predicted octanol–water partition coefficient (Wildman–Crippen LogP) is 8.19. The molecule has 2 aromatic carbocycles. The topological polar surface area (TPSA) is 18.5 Å². The maximum absolute atomic E-state index is 14.6. The third kappa shape index (κ3) is 6.30. The van der Waals surface area contributed by atoms with Crippen LogP contribution in [0.5, 0.6) is 11.5 Å². The summed E-state index contributed by atoms with van der Waals surface area (Å²) in [6.45, 7) is 3.66. The number of ether oxygens (including phenoxy) is 2. The molecular formula is C24H20F8O2. The maximum atomic E-state index is 14.6. The fraction of sp³-hybridized carbons (Fsp3) is 0.333. The Morgan fingerprint density at radius 3 is 2.00 bits per heavy atom. The first-order valence-corrected chi connectivity index (χ1v) is 10.3. The van der Waals surface area contributed by atoms with Gasteiger partial charge in [0.05, 0.1) is 18.3 Å². The fourth-order valence-electron chi connectivity index (χ4n) is 3.73. The van der Waals surface area contributed by atoms with Crippen LogP contribution in [-0.2, 0) is 0 Å². The van der Waals surface area contributed by atoms with E-state index in [2.05, 4.69) is 11.3 Å². The molecule has 0 N–H and O–H groups in total. The van der Waals surface area contributed by atoms with Gasteiger partial charge < -0.3 is 9.47 Å². The van der Waals surface area contributed by atoms with Crippen molar-refractivity contribution in [2.75, 3.05) is 0 Å². The van der Waals surface area contributed by atoms with Crippen molar-refractivity contribution in [2.45, 2.75) is 38.0 Å². The van der Waals surface area contributed by atoms with Gasteiger partial charge >= 0.3 is 12.3 Å². The van der Waals surface area contributed by atoms with Crippen LogP contribution in [0.4, 0.5) is 35.1 Å². The van der Waals surface area contributed by atoms with Crippen molar-refractivity contribution in [3.05, 3.63) is 72.8 Å². The minimum absolute atomic E-state index is 0.0674. The lowest BCUT2D eigenvalue weighted by molar-refractivity contribution is -0.223. The number of hydrogen-bond donors (Lipinski definition) is 0. The number of halogens is 8. The molecule has 34 heavy (non-hydrogen) atoms. The minimum atomic E-state index is -4.75. The van der Waals surface area contributed by atoms with Gasteiger partial charge in [0.1, 0.15) is 11.6 Å². The van der Waals surface area contributed by atoms with Crippen molar-refractivity contribution in [1.29, 1.82) is 0 Å². The smallest absolute Gasteiger partial charge is 0.412 e. The molecule has 0 radical (unpaired) electrons. The van der Waals surface area contributed by atoms with E-state index in [4.69, 9.17) is 4.74 Å². The van der Waals surface area contributed by atoms with E-state index >= 15 is 0 Å². The van der Waals surface area contributed by atoms with Crippen molar-refractivity contribution in [1.82, 2.24) is 0 Å². The van der Waals surface area contributed by atoms with Crippen LogP contribution in [0.25, 0.3) is 11.1 Å². The van der Waals surface area contributed by atoms with Crippen molar-refractivity contribution in [2.24, 2.45) is 11.8 Å². The Hall–Kier alpha value is -3.04. The molecule has 3 rings (SSSR count). The summed E-state index contributed by atoms with van der Waals surface area (Å²) in [4.78, 5) is 0. The van der Waals surface area contributed by atoms with Crippen LogP contribution in [0.15, 0.2) is 55.3 Å². The highest BCUT2D eigenvalue weighted by Crippen LogP contribution is 2.41. The number of hydrogen-bond acceptors (Lipinski definition) is 2. The van der Waals surface area contributed by atoms with Gasteiger partial charge in [-0.3, -0.25) is 0 Å². The first-order chi connectivity index (χ1) is 15.9. The van der Waals surface area contributed by atoms with Crippen LogP contribution in [-0.4, -0.2) is 12.3 Å². The summed E-state index contributed by atoms with van der Waals surface area (Å²) in [6, 6.07) is 4.00. The second-order valence-corrected chi connectivity index (χ2v) is 7.88. The van der Waals surface area contributed by atoms with Gasteiger partial charge in [-0.15, -0.1) is 6.58 Å². The van der Waals surface area contributed by atoms with Gasteiger partial charge in [0.2, 0.25) is 0 Å². The second kappa shape index (κ2) is 10.1. The molecule has 1 fully saturated rings. The van der Waals surface area contributed by atoms with Crippen LogP contribution in [0.3, 0.4) is 0 Å². The van der Waals surface area contributed by atoms with Gasteiger partial charge in [-0.25, -0.2) is 13.2 Å². The standard InChI is InChI=1S/C24H20F8O2/c1-2-14-3-5-16(6-4-14)24(31,32)34-17-7-8-18(19(25)13-17)15-11-20(26)22(21(27)12-15)33-10-9-23(28,29)30/h2,7-14,16H,1,3-6H2/b10-9+. The summed E-state index contributed by atoms with van der Waals surface area (Å²) in [5, 5.41) is 0. The van der Waals surface area contributed by atoms with Gasteiger partial charge in [0.25, 0.3) is 0 Å². The Labute approximate surface area is 190 Å². The van der Waals surface area contributed by atoms with E-state index in [0.717, 1.165) is 12.1 Å². The summed E-state index contributed by atoms with van der Waals surface area (Å²) in [5.41, 5.74) is -0.655. The minimum Gasteiger partial charge on any atom is -0.459 e. The Balaban J connectivity index is 1.76. The Bertz CT molecular complexity index is 1030. The van der Waals surface area contributed by atoms with Crippen LogP contribution in [0.1, 0.15) is 25.7 Å². The van der Waals surface area contributed by atoms with E-state index in [1.807, 2.05) is 0 Å². The predicted molar refractivity (Wildman–Crippen MR) is 109 cm³/mol. The van der Waals surface area contributed by atoms with Crippen molar-refractivity contribution in [3.8, 4) is 22.6 Å². The SMILES string of the molecule is C=CC1CCC(C(F)(F)Oc2ccc(-c3cc(F)c(O/C=C/C(F)(F)F)c(F)c3)c(F)c2)CC1. The Kier molecular flexibility index (Phi) is 7.57. The number of allylic oxidation sites excluding steroid dienone is 2. The lowest BCUT2D eigenvalue weighted by Gasteiger charge is -2.32. The molecule has 1 aliphatic carbocycles. The fourth-order valence-corrected chi connectivity index (χ4v) is 3.73. The van der Waals surface area contributed by atoms with E-state index in [0.29, 0.717) is 31.0 Å². The first-order valence-electron chi connectivity index (χ1n) is 10.3. The molecule has 2 nitrogen and oxygen atoms in total. The van der Waals surface area contributed by atoms with Crippen LogP contribution < -0.4 is 9.47 Å². The summed E-state index contributed by atoms with van der Waals surface area (Å²) >= 11 is 0. The Morgan fingerprint density at radius 1 is 0.853 bits per heavy atom. The van der Waals surface area contributed by atoms with Crippen LogP contribution >= 0.6 is 0 Å². The van der Waals surface area contributed by atoms with Gasteiger partial charge in [-0.05, 0) is 61.4 Å². The molecular weight excluding hydrogens is 472 g/mol. The summed E-state index contributed by atoms with van der Waals surface area (Å²) in [6.07, 6.45) is -5.33. The van der Waals surface area contributed by atoms with Crippen molar-refractivity contribution >= 4 is 0 Å². The normalized spacial score (nSPS) is 19.3. The van der Waals surface area contributed by atoms with E-state index in [9.17, 15) is 35.1 Å². The highest BCUT2D eigenvalue weighted by molar-refractivity contribution is 5.66. The molecule has 1 saturated carbocycles. The van der Waals surface area contributed by atoms with Gasteiger partial charge in [-0.2, -0.15) is 22.0 Å². The number of alkyl halides is 5. The Morgan fingerprint density at radius 2 is 1.47 bits per heavy atom. The zero-order valence-electron chi connectivity index (χ0n) is 17.6. The van der Waals surface area contributed by atoms with Crippen LogP contribution in [0.2, 0.25) is 0 Å². The molecule has 1 aliphatic rings. The van der Waals surface area contributed by atoms with E-state index in [1.165, 1.54) is 0 Å². The third-order valence-electron chi connectivity index (χ3n) is 5.53. The highest BCUT2D eigenvalue weighted by Gasteiger charge is 2.43. The first kappa shape index (κ1) is 25.6. The molecule has 0 heterocycles. The molecule has 10 heteroatoms. The molecule has 0 unspecified atom stereocenters. The van der Waals surface area contributed by atoms with Crippen molar-refractivity contribution < 1.29 is 44.6 Å². The number of benzene rings is 2. The zero-order chi connectivity index (χ0) is 25.1. The summed E-state index contributed by atoms with van der Waals surface area (Å²) in [7, 11) is 0. The molecule has 0 bridgehead atoms. The molecule has 0 aromatic heterocycles. The second-order valence-electron chi connectivity index (χ2n) is 7.88. The average Bonchev–Trinajstić information content (AvgIpc) is 2.74. The van der Waals surface area contributed by atoms with Gasteiger partial charge in [0.15, 0.2) is 17.4 Å². The maximum Gasteiger partial charge on any atom is 0.412 e. The highest BCUT2D eigenvalue weighted by atomic mass is 19.4. The molecule has 0 spiro atoms. The quantitative estimate of drug-likeness (QED) is 0.220. The molecule has 0 amide bonds. The molecule has 184 valence electrons. The zero-order valence-corrected chi connectivity index (χ0v) is 17.6. The van der Waals surface area contributed by atoms with Crippen LogP contribution in [0, 0.1) is 29.3 Å². The van der Waals surface area contributed by atoms with E-state index in [-0.39, 0.29) is 42.2 Å². The average molecular weight is 492 g/mol. The number of rotatable bonds is 7. The summed E-state index contributed by atoms with van der Waals surface area (Å²) in [5.74, 6) is -6.32. The molecule has 0 aliphatic heterocycles. The summed E-state index contributed by atoms with van der Waals surface area (Å²) < 4.78 is 117. The lowest BCUT2D eigenvalue weighted by atomic mass is 9.81. The van der Waals surface area contributed by atoms with Crippen molar-refractivity contribution in [3.63, 3.8) is 0 Å². The molecule has 0 atom stereocenters. The van der Waals surface area contributed by atoms with Gasteiger partial charge in [-0.1, -0.05) is 6.08 Å². The monoisotopic (exact) mass is 492 g/mol. The van der Waals surface area contributed by atoms with Gasteiger partial charge in [0, 0.05) is 11.6 Å².